The lowest BCUT2D eigenvalue weighted by molar-refractivity contribution is 0.0675. The molecule has 26 heavy (non-hydrogen) atoms. The second-order valence-electron chi connectivity index (χ2n) is 6.73. The van der Waals surface area contributed by atoms with Crippen molar-refractivity contribution in [3.8, 4) is 0 Å². The Balaban J connectivity index is 1.54. The number of anilines is 1. The van der Waals surface area contributed by atoms with Gasteiger partial charge in [-0.2, -0.15) is 0 Å². The number of aromatic nitrogens is 3. The SMILES string of the molecule is Nc1nccnc1C[C@H]1CCCN(C(=O)c2cccc3ncccc23)C1. The molecule has 132 valence electrons. The zero-order valence-electron chi connectivity index (χ0n) is 14.5. The Labute approximate surface area is 152 Å². The number of carbonyl (C=O) groups excluding carboxylic acids is 1. The first-order valence-electron chi connectivity index (χ1n) is 8.91. The van der Waals surface area contributed by atoms with Gasteiger partial charge >= 0.3 is 0 Å². The van der Waals surface area contributed by atoms with E-state index >= 15 is 0 Å². The normalized spacial score (nSPS) is 17.4. The zero-order chi connectivity index (χ0) is 17.9. The minimum absolute atomic E-state index is 0.0698. The van der Waals surface area contributed by atoms with Crippen molar-refractivity contribution in [2.24, 2.45) is 5.92 Å². The topological polar surface area (TPSA) is 85.0 Å². The van der Waals surface area contributed by atoms with Crippen molar-refractivity contribution in [3.63, 3.8) is 0 Å². The van der Waals surface area contributed by atoms with Crippen LogP contribution in [0.25, 0.3) is 10.9 Å². The summed E-state index contributed by atoms with van der Waals surface area (Å²) in [6.45, 7) is 1.49. The molecule has 1 aliphatic rings. The number of amides is 1. The summed E-state index contributed by atoms with van der Waals surface area (Å²) in [6, 6.07) is 9.54. The Morgan fingerprint density at radius 3 is 2.88 bits per heavy atom. The molecular weight excluding hydrogens is 326 g/mol. The molecule has 0 radical (unpaired) electrons. The van der Waals surface area contributed by atoms with Crippen molar-refractivity contribution in [3.05, 3.63) is 60.2 Å². The molecule has 6 heteroatoms. The number of benzene rings is 1. The third-order valence-corrected chi connectivity index (χ3v) is 4.97. The highest BCUT2D eigenvalue weighted by Crippen LogP contribution is 2.25. The number of fused-ring (bicyclic) bond motifs is 1. The van der Waals surface area contributed by atoms with Crippen LogP contribution in [0.3, 0.4) is 0 Å². The molecule has 0 unspecified atom stereocenters. The quantitative estimate of drug-likeness (QED) is 0.787. The summed E-state index contributed by atoms with van der Waals surface area (Å²) in [5.74, 6) is 0.899. The van der Waals surface area contributed by atoms with Gasteiger partial charge in [0.15, 0.2) is 0 Å². The number of hydrogen-bond acceptors (Lipinski definition) is 5. The summed E-state index contributed by atoms with van der Waals surface area (Å²) in [6.07, 6.45) is 7.82. The first-order valence-corrected chi connectivity index (χ1v) is 8.91. The fourth-order valence-corrected chi connectivity index (χ4v) is 3.68. The Kier molecular flexibility index (Phi) is 4.48. The number of carbonyl (C=O) groups is 1. The number of nitrogen functional groups attached to an aromatic ring is 1. The predicted octanol–water partition coefficient (Wildman–Crippen LogP) is 2.70. The molecule has 0 saturated carbocycles. The van der Waals surface area contributed by atoms with E-state index in [9.17, 15) is 4.79 Å². The van der Waals surface area contributed by atoms with Gasteiger partial charge in [-0.25, -0.2) is 4.98 Å². The minimum atomic E-state index is 0.0698. The van der Waals surface area contributed by atoms with Gasteiger partial charge in [-0.3, -0.25) is 14.8 Å². The van der Waals surface area contributed by atoms with E-state index in [1.807, 2.05) is 35.2 Å². The highest BCUT2D eigenvalue weighted by molar-refractivity contribution is 6.06. The Hall–Kier alpha value is -3.02. The molecule has 3 aromatic rings. The van der Waals surface area contributed by atoms with E-state index in [4.69, 9.17) is 5.73 Å². The van der Waals surface area contributed by atoms with Crippen molar-refractivity contribution < 1.29 is 4.79 Å². The van der Waals surface area contributed by atoms with Crippen LogP contribution in [-0.2, 0) is 6.42 Å². The molecular formula is C20H21N5O. The molecule has 1 aliphatic heterocycles. The molecule has 1 atom stereocenters. The number of pyridine rings is 1. The van der Waals surface area contributed by atoms with Crippen molar-refractivity contribution in [1.29, 1.82) is 0 Å². The molecule has 2 N–H and O–H groups in total. The third kappa shape index (κ3) is 3.22. The average Bonchev–Trinajstić information content (AvgIpc) is 2.69. The van der Waals surface area contributed by atoms with Crippen LogP contribution in [0, 0.1) is 5.92 Å². The van der Waals surface area contributed by atoms with Crippen molar-refractivity contribution in [2.75, 3.05) is 18.8 Å². The van der Waals surface area contributed by atoms with Crippen LogP contribution in [0.4, 0.5) is 5.82 Å². The molecule has 1 fully saturated rings. The first-order chi connectivity index (χ1) is 12.7. The summed E-state index contributed by atoms with van der Waals surface area (Å²) in [5.41, 5.74) is 8.31. The van der Waals surface area contributed by atoms with Gasteiger partial charge in [0.2, 0.25) is 0 Å². The van der Waals surface area contributed by atoms with Gasteiger partial charge in [-0.15, -0.1) is 0 Å². The molecule has 6 nitrogen and oxygen atoms in total. The van der Waals surface area contributed by atoms with Gasteiger partial charge in [-0.1, -0.05) is 12.1 Å². The Bertz CT molecular complexity index is 937. The molecule has 1 amide bonds. The molecule has 0 spiro atoms. The van der Waals surface area contributed by atoms with Crippen LogP contribution in [0.1, 0.15) is 28.9 Å². The van der Waals surface area contributed by atoms with E-state index in [2.05, 4.69) is 15.0 Å². The van der Waals surface area contributed by atoms with Crippen LogP contribution in [0.2, 0.25) is 0 Å². The average molecular weight is 347 g/mol. The van der Waals surface area contributed by atoms with Crippen molar-refractivity contribution >= 4 is 22.6 Å². The van der Waals surface area contributed by atoms with E-state index in [0.29, 0.717) is 18.3 Å². The third-order valence-electron chi connectivity index (χ3n) is 4.97. The maximum absolute atomic E-state index is 13.1. The highest BCUT2D eigenvalue weighted by atomic mass is 16.2. The molecule has 3 heterocycles. The van der Waals surface area contributed by atoms with Gasteiger partial charge < -0.3 is 10.6 Å². The molecule has 0 aliphatic carbocycles. The van der Waals surface area contributed by atoms with E-state index in [-0.39, 0.29) is 5.91 Å². The Morgan fingerprint density at radius 1 is 1.12 bits per heavy atom. The van der Waals surface area contributed by atoms with Gasteiger partial charge in [0.25, 0.3) is 5.91 Å². The van der Waals surface area contributed by atoms with Crippen molar-refractivity contribution in [1.82, 2.24) is 19.9 Å². The summed E-state index contributed by atoms with van der Waals surface area (Å²) >= 11 is 0. The summed E-state index contributed by atoms with van der Waals surface area (Å²) < 4.78 is 0. The largest absolute Gasteiger partial charge is 0.382 e. The number of nitrogens with zero attached hydrogens (tertiary/aromatic N) is 4. The minimum Gasteiger partial charge on any atom is -0.382 e. The standard InChI is InChI=1S/C20H21N5O/c21-19-18(23-9-10-24-19)12-14-4-3-11-25(13-14)20(26)16-5-1-7-17-15(16)6-2-8-22-17/h1-2,5-10,14H,3-4,11-13H2,(H2,21,24)/t14-/m1/s1. The fourth-order valence-electron chi connectivity index (χ4n) is 3.68. The summed E-state index contributed by atoms with van der Waals surface area (Å²) in [7, 11) is 0. The van der Waals surface area contributed by atoms with Gasteiger partial charge in [0.1, 0.15) is 5.82 Å². The van der Waals surface area contributed by atoms with Crippen molar-refractivity contribution in [2.45, 2.75) is 19.3 Å². The van der Waals surface area contributed by atoms with Gasteiger partial charge in [-0.05, 0) is 43.4 Å². The van der Waals surface area contributed by atoms with E-state index in [0.717, 1.165) is 48.0 Å². The maximum atomic E-state index is 13.1. The van der Waals surface area contributed by atoms with Crippen LogP contribution in [-0.4, -0.2) is 38.8 Å². The number of hydrogen-bond donors (Lipinski definition) is 1. The number of nitrogens with two attached hydrogens (primary N) is 1. The zero-order valence-corrected chi connectivity index (χ0v) is 14.5. The maximum Gasteiger partial charge on any atom is 0.254 e. The lowest BCUT2D eigenvalue weighted by Gasteiger charge is -2.33. The number of piperidine rings is 1. The first kappa shape index (κ1) is 16.4. The lowest BCUT2D eigenvalue weighted by Crippen LogP contribution is -2.40. The van der Waals surface area contributed by atoms with Crippen LogP contribution >= 0.6 is 0 Å². The second kappa shape index (κ2) is 7.07. The second-order valence-corrected chi connectivity index (χ2v) is 6.73. The summed E-state index contributed by atoms with van der Waals surface area (Å²) in [4.78, 5) is 27.9. The number of rotatable bonds is 3. The van der Waals surface area contributed by atoms with E-state index in [1.54, 1.807) is 18.6 Å². The predicted molar refractivity (Wildman–Crippen MR) is 101 cm³/mol. The molecule has 0 bridgehead atoms. The highest BCUT2D eigenvalue weighted by Gasteiger charge is 2.26. The van der Waals surface area contributed by atoms with Crippen LogP contribution in [0.15, 0.2) is 48.9 Å². The Morgan fingerprint density at radius 2 is 2.00 bits per heavy atom. The summed E-state index contributed by atoms with van der Waals surface area (Å²) in [5, 5.41) is 0.903. The monoisotopic (exact) mass is 347 g/mol. The van der Waals surface area contributed by atoms with E-state index in [1.165, 1.54) is 0 Å². The molecule has 1 aromatic carbocycles. The van der Waals surface area contributed by atoms with E-state index < -0.39 is 0 Å². The lowest BCUT2D eigenvalue weighted by atomic mass is 9.92. The van der Waals surface area contributed by atoms with Crippen LogP contribution < -0.4 is 5.73 Å². The molecule has 2 aromatic heterocycles. The molecule has 4 rings (SSSR count). The van der Waals surface area contributed by atoms with Gasteiger partial charge in [0.05, 0.1) is 11.2 Å². The number of likely N-dealkylation sites (tertiary alicyclic amines) is 1. The van der Waals surface area contributed by atoms with Gasteiger partial charge in [0, 0.05) is 42.6 Å². The molecule has 1 saturated heterocycles. The smallest absolute Gasteiger partial charge is 0.254 e. The van der Waals surface area contributed by atoms with Crippen LogP contribution in [0.5, 0.6) is 0 Å². The fraction of sp³-hybridized carbons (Fsp3) is 0.300.